The van der Waals surface area contributed by atoms with E-state index in [1.54, 1.807) is 43.6 Å². The summed E-state index contributed by atoms with van der Waals surface area (Å²) in [7, 11) is 1.58. The van der Waals surface area contributed by atoms with Crippen LogP contribution in [0.5, 0.6) is 5.75 Å². The van der Waals surface area contributed by atoms with Crippen LogP contribution >= 0.6 is 23.2 Å². The number of rotatable bonds is 8. The third kappa shape index (κ3) is 6.73. The molecule has 3 unspecified atom stereocenters. The highest BCUT2D eigenvalue weighted by atomic mass is 35.5. The fraction of sp³-hybridized carbons (Fsp3) is 0.379. The van der Waals surface area contributed by atoms with Crippen molar-refractivity contribution in [1.82, 2.24) is 9.88 Å². The van der Waals surface area contributed by atoms with E-state index in [0.717, 1.165) is 24.8 Å². The third-order valence-electron chi connectivity index (χ3n) is 6.96. The van der Waals surface area contributed by atoms with Crippen molar-refractivity contribution in [3.63, 3.8) is 0 Å². The molecule has 1 saturated heterocycles. The second-order valence-electron chi connectivity index (χ2n) is 9.27. The second-order valence-corrected chi connectivity index (χ2v) is 10.1. The van der Waals surface area contributed by atoms with E-state index >= 15 is 4.39 Å². The maximum Gasteiger partial charge on any atom is 0.303 e. The standard InChI is InChI=1S/C29H29Cl2FN2O3/c1-37-21-9-11-26-23(18-21)22(13-14-33-26)25(32)10-12-27-20(17-28(35)36)7-4-16-34(27)15-3-6-19-5-2-8-24(30)29(19)31/h2,5,8-9,11,13-14,18,20,25,27H,4,7,10,12,15-17H2,1H3,(H,35,36). The summed E-state index contributed by atoms with van der Waals surface area (Å²) in [5.41, 5.74) is 1.92. The average Bonchev–Trinajstić information content (AvgIpc) is 2.89. The first kappa shape index (κ1) is 27.2. The van der Waals surface area contributed by atoms with Gasteiger partial charge < -0.3 is 9.84 Å². The van der Waals surface area contributed by atoms with Crippen LogP contribution in [0.2, 0.25) is 10.0 Å². The van der Waals surface area contributed by atoms with E-state index in [4.69, 9.17) is 27.9 Å². The van der Waals surface area contributed by atoms with Crippen molar-refractivity contribution in [2.45, 2.75) is 44.3 Å². The first-order valence-corrected chi connectivity index (χ1v) is 13.1. The van der Waals surface area contributed by atoms with Crippen molar-refractivity contribution in [3.05, 3.63) is 69.8 Å². The topological polar surface area (TPSA) is 62.7 Å². The van der Waals surface area contributed by atoms with Gasteiger partial charge in [0.05, 0.1) is 29.2 Å². The summed E-state index contributed by atoms with van der Waals surface area (Å²) in [6.07, 6.45) is 2.92. The molecule has 1 aliphatic rings. The molecule has 2 aromatic carbocycles. The molecule has 0 radical (unpaired) electrons. The number of aliphatic carboxylic acids is 1. The van der Waals surface area contributed by atoms with Crippen LogP contribution in [0.1, 0.15) is 49.4 Å². The number of piperidine rings is 1. The first-order valence-electron chi connectivity index (χ1n) is 12.3. The van der Waals surface area contributed by atoms with Gasteiger partial charge in [-0.2, -0.15) is 0 Å². The first-order chi connectivity index (χ1) is 17.9. The van der Waals surface area contributed by atoms with E-state index < -0.39 is 12.1 Å². The molecule has 0 spiro atoms. The zero-order chi connectivity index (χ0) is 26.4. The zero-order valence-corrected chi connectivity index (χ0v) is 22.1. The normalized spacial score (nSPS) is 18.7. The Labute approximate surface area is 226 Å². The summed E-state index contributed by atoms with van der Waals surface area (Å²) in [5, 5.41) is 11.1. The van der Waals surface area contributed by atoms with E-state index in [2.05, 4.69) is 21.7 Å². The summed E-state index contributed by atoms with van der Waals surface area (Å²) >= 11 is 12.4. The van der Waals surface area contributed by atoms with Crippen LogP contribution in [-0.2, 0) is 4.79 Å². The molecule has 1 fully saturated rings. The van der Waals surface area contributed by atoms with Crippen molar-refractivity contribution in [3.8, 4) is 17.6 Å². The van der Waals surface area contributed by atoms with Gasteiger partial charge in [0.1, 0.15) is 11.9 Å². The molecule has 8 heteroatoms. The molecule has 3 aromatic rings. The number of ether oxygens (including phenoxy) is 1. The van der Waals surface area contributed by atoms with Crippen molar-refractivity contribution in [2.24, 2.45) is 5.92 Å². The number of carbonyl (C=O) groups is 1. The Morgan fingerprint density at radius 3 is 2.92 bits per heavy atom. The van der Waals surface area contributed by atoms with E-state index in [1.807, 2.05) is 12.1 Å². The van der Waals surface area contributed by atoms with Crippen molar-refractivity contribution < 1.29 is 19.0 Å². The molecule has 3 atom stereocenters. The lowest BCUT2D eigenvalue weighted by atomic mass is 9.83. The number of likely N-dealkylation sites (tertiary alicyclic amines) is 1. The Hall–Kier alpha value is -2.85. The molecule has 1 N–H and O–H groups in total. The molecule has 1 aromatic heterocycles. The summed E-state index contributed by atoms with van der Waals surface area (Å²) in [6, 6.07) is 12.4. The lowest BCUT2D eigenvalue weighted by Gasteiger charge is -2.40. The van der Waals surface area contributed by atoms with Crippen LogP contribution in [0, 0.1) is 17.8 Å². The minimum atomic E-state index is -1.22. The number of benzene rings is 2. The summed E-state index contributed by atoms with van der Waals surface area (Å²) in [6.45, 7) is 1.22. The smallest absolute Gasteiger partial charge is 0.303 e. The average molecular weight is 543 g/mol. The number of methoxy groups -OCH3 is 1. The fourth-order valence-corrected chi connectivity index (χ4v) is 5.49. The van der Waals surface area contributed by atoms with E-state index in [1.165, 1.54) is 0 Å². The van der Waals surface area contributed by atoms with E-state index in [-0.39, 0.29) is 24.8 Å². The number of aromatic nitrogens is 1. The van der Waals surface area contributed by atoms with Gasteiger partial charge in [0, 0.05) is 29.6 Å². The van der Waals surface area contributed by atoms with Gasteiger partial charge in [0.2, 0.25) is 0 Å². The highest BCUT2D eigenvalue weighted by molar-refractivity contribution is 6.42. The van der Waals surface area contributed by atoms with Gasteiger partial charge in [-0.05, 0) is 80.1 Å². The predicted molar refractivity (Wildman–Crippen MR) is 145 cm³/mol. The number of alkyl halides is 1. The number of nitrogens with zero attached hydrogens (tertiary/aromatic N) is 2. The van der Waals surface area contributed by atoms with Crippen molar-refractivity contribution in [1.29, 1.82) is 0 Å². The van der Waals surface area contributed by atoms with Crippen molar-refractivity contribution in [2.75, 3.05) is 20.2 Å². The number of pyridine rings is 1. The number of hydrogen-bond donors (Lipinski definition) is 1. The molecule has 0 bridgehead atoms. The molecule has 4 rings (SSSR count). The number of hydrogen-bond acceptors (Lipinski definition) is 4. The fourth-order valence-electron chi connectivity index (χ4n) is 5.15. The Balaban J connectivity index is 1.52. The van der Waals surface area contributed by atoms with Gasteiger partial charge >= 0.3 is 5.97 Å². The van der Waals surface area contributed by atoms with Gasteiger partial charge in [-0.15, -0.1) is 0 Å². The maximum absolute atomic E-state index is 15.7. The number of halogens is 3. The highest BCUT2D eigenvalue weighted by Gasteiger charge is 2.33. The summed E-state index contributed by atoms with van der Waals surface area (Å²) < 4.78 is 21.0. The number of fused-ring (bicyclic) bond motifs is 1. The number of carboxylic acid groups (broad SMARTS) is 1. The SMILES string of the molecule is COc1ccc2nccc(C(F)CCC3C(CC(=O)O)CCCN3CC#Cc3cccc(Cl)c3Cl)c2c1. The molecule has 1 aliphatic heterocycles. The molecule has 0 aliphatic carbocycles. The summed E-state index contributed by atoms with van der Waals surface area (Å²) in [4.78, 5) is 18.1. The van der Waals surface area contributed by atoms with Crippen LogP contribution in [0.15, 0.2) is 48.7 Å². The third-order valence-corrected chi connectivity index (χ3v) is 7.78. The van der Waals surface area contributed by atoms with Crippen LogP contribution < -0.4 is 4.74 Å². The van der Waals surface area contributed by atoms with E-state index in [9.17, 15) is 9.90 Å². The van der Waals surface area contributed by atoms with Gasteiger partial charge in [0.15, 0.2) is 0 Å². The lowest BCUT2D eigenvalue weighted by Crippen LogP contribution is -2.46. The van der Waals surface area contributed by atoms with Crippen LogP contribution in [0.25, 0.3) is 10.9 Å². The minimum Gasteiger partial charge on any atom is -0.497 e. The van der Waals surface area contributed by atoms with Gasteiger partial charge in [-0.25, -0.2) is 4.39 Å². The second kappa shape index (κ2) is 12.6. The van der Waals surface area contributed by atoms with Crippen LogP contribution in [0.4, 0.5) is 4.39 Å². The van der Waals surface area contributed by atoms with Gasteiger partial charge in [-0.3, -0.25) is 14.7 Å². The highest BCUT2D eigenvalue weighted by Crippen LogP contribution is 2.35. The molecular weight excluding hydrogens is 514 g/mol. The van der Waals surface area contributed by atoms with Gasteiger partial charge in [0.25, 0.3) is 0 Å². The molecule has 5 nitrogen and oxygen atoms in total. The quantitative estimate of drug-likeness (QED) is 0.312. The molecule has 0 saturated carbocycles. The Morgan fingerprint density at radius 2 is 2.14 bits per heavy atom. The molecule has 194 valence electrons. The predicted octanol–water partition coefficient (Wildman–Crippen LogP) is 6.95. The van der Waals surface area contributed by atoms with Crippen LogP contribution in [-0.4, -0.2) is 47.2 Å². The minimum absolute atomic E-state index is 0.0566. The molecular formula is C29H29Cl2FN2O3. The molecule has 0 amide bonds. The maximum atomic E-state index is 15.7. The number of carboxylic acids is 1. The molecule has 2 heterocycles. The Kier molecular flexibility index (Phi) is 9.26. The van der Waals surface area contributed by atoms with Gasteiger partial charge in [-0.1, -0.05) is 41.1 Å². The molecule has 37 heavy (non-hydrogen) atoms. The Morgan fingerprint density at radius 1 is 1.30 bits per heavy atom. The zero-order valence-electron chi connectivity index (χ0n) is 20.6. The Bertz CT molecular complexity index is 1320. The van der Waals surface area contributed by atoms with Crippen LogP contribution in [0.3, 0.4) is 0 Å². The van der Waals surface area contributed by atoms with E-state index in [0.29, 0.717) is 45.4 Å². The van der Waals surface area contributed by atoms with Crippen molar-refractivity contribution >= 4 is 40.1 Å². The lowest BCUT2D eigenvalue weighted by molar-refractivity contribution is -0.139. The monoisotopic (exact) mass is 542 g/mol. The summed E-state index contributed by atoms with van der Waals surface area (Å²) in [5.74, 6) is 6.00. The largest absolute Gasteiger partial charge is 0.497 e.